The zero-order valence-electron chi connectivity index (χ0n) is 24.9. The van der Waals surface area contributed by atoms with Crippen LogP contribution in [0.1, 0.15) is 74.1 Å². The molecule has 0 unspecified atom stereocenters. The molecule has 13 heteroatoms. The van der Waals surface area contributed by atoms with Gasteiger partial charge in [-0.15, -0.1) is 0 Å². The Bertz CT molecular complexity index is 1570. The van der Waals surface area contributed by atoms with E-state index in [1.165, 1.54) is 18.1 Å². The second-order valence-corrected chi connectivity index (χ2v) is 12.2. The topological polar surface area (TPSA) is 122 Å². The molecule has 234 valence electrons. The number of urea groups is 1. The molecule has 3 aliphatic rings. The van der Waals surface area contributed by atoms with Gasteiger partial charge in [0, 0.05) is 57.3 Å². The molecule has 0 bridgehead atoms. The average Bonchev–Trinajstić information content (AvgIpc) is 3.35. The fourth-order valence-corrected chi connectivity index (χ4v) is 6.64. The van der Waals surface area contributed by atoms with Crippen LogP contribution in [0.3, 0.4) is 0 Å². The summed E-state index contributed by atoms with van der Waals surface area (Å²) >= 11 is 0. The highest BCUT2D eigenvalue weighted by Crippen LogP contribution is 2.45. The lowest BCUT2D eigenvalue weighted by Crippen LogP contribution is -2.54. The van der Waals surface area contributed by atoms with E-state index in [-0.39, 0.29) is 24.9 Å². The maximum absolute atomic E-state index is 14.9. The van der Waals surface area contributed by atoms with E-state index < -0.39 is 40.9 Å². The van der Waals surface area contributed by atoms with Crippen LogP contribution in [-0.4, -0.2) is 63.6 Å². The highest BCUT2D eigenvalue weighted by Gasteiger charge is 2.48. The van der Waals surface area contributed by atoms with E-state index in [1.807, 2.05) is 10.6 Å². The predicted molar refractivity (Wildman–Crippen MR) is 155 cm³/mol. The molecule has 0 saturated carbocycles. The van der Waals surface area contributed by atoms with Gasteiger partial charge in [0.1, 0.15) is 29.6 Å². The van der Waals surface area contributed by atoms with Gasteiger partial charge >= 0.3 is 12.1 Å². The van der Waals surface area contributed by atoms with Crippen molar-refractivity contribution in [3.63, 3.8) is 0 Å². The van der Waals surface area contributed by atoms with E-state index in [4.69, 9.17) is 9.47 Å². The van der Waals surface area contributed by atoms with Crippen LogP contribution >= 0.6 is 0 Å². The molecule has 44 heavy (non-hydrogen) atoms. The molecule has 0 radical (unpaired) electrons. The number of rotatable bonds is 5. The van der Waals surface area contributed by atoms with Gasteiger partial charge in [-0.2, -0.15) is 0 Å². The summed E-state index contributed by atoms with van der Waals surface area (Å²) in [5, 5.41) is 14.0. The van der Waals surface area contributed by atoms with Gasteiger partial charge in [0.2, 0.25) is 0 Å². The normalized spacial score (nSPS) is 21.4. The molecule has 1 fully saturated rings. The second-order valence-electron chi connectivity index (χ2n) is 12.2. The molecule has 1 saturated heterocycles. The fourth-order valence-electron chi connectivity index (χ4n) is 6.64. The number of ether oxygens (including phenoxy) is 2. The Balaban J connectivity index is 1.21. The Morgan fingerprint density at radius 2 is 1.95 bits per heavy atom. The van der Waals surface area contributed by atoms with E-state index in [0.717, 1.165) is 11.6 Å². The molecule has 0 aliphatic carbocycles. The summed E-state index contributed by atoms with van der Waals surface area (Å²) in [6, 6.07) is 6.99. The SMILES string of the molecule is COCN1C(=O)OC2(CCN(C(=O)N[C@@H]3CC[C@@H](c4cccc(F)c4F)Cn4c(C(C)(C)O)cnc43)CC2)c2cccnc21. The lowest BCUT2D eigenvalue weighted by molar-refractivity contribution is -0.0380. The van der Waals surface area contributed by atoms with Gasteiger partial charge in [-0.1, -0.05) is 12.1 Å². The first-order chi connectivity index (χ1) is 21.0. The van der Waals surface area contributed by atoms with Crippen molar-refractivity contribution in [3.8, 4) is 0 Å². The number of aliphatic hydroxyl groups is 1. The van der Waals surface area contributed by atoms with Gasteiger partial charge < -0.3 is 29.4 Å². The quantitative estimate of drug-likeness (QED) is 0.431. The van der Waals surface area contributed by atoms with Crippen LogP contribution in [0, 0.1) is 11.6 Å². The molecule has 6 rings (SSSR count). The number of aromatic nitrogens is 3. The number of carbonyl (C=O) groups excluding carboxylic acids is 2. The second kappa shape index (κ2) is 11.4. The smallest absolute Gasteiger partial charge is 0.418 e. The number of pyridine rings is 1. The van der Waals surface area contributed by atoms with Crippen LogP contribution in [-0.2, 0) is 27.2 Å². The van der Waals surface area contributed by atoms with Crippen molar-refractivity contribution < 1.29 is 33.0 Å². The zero-order chi connectivity index (χ0) is 31.2. The van der Waals surface area contributed by atoms with E-state index >= 15 is 0 Å². The molecular weight excluding hydrogens is 574 g/mol. The van der Waals surface area contributed by atoms with Gasteiger partial charge in [0.05, 0.1) is 17.9 Å². The minimum absolute atomic E-state index is 0.00645. The van der Waals surface area contributed by atoms with Crippen LogP contribution in [0.15, 0.2) is 42.7 Å². The summed E-state index contributed by atoms with van der Waals surface area (Å²) in [5.41, 5.74) is -0.621. The third-order valence-electron chi connectivity index (χ3n) is 8.90. The van der Waals surface area contributed by atoms with Gasteiger partial charge in [-0.25, -0.2) is 33.2 Å². The van der Waals surface area contributed by atoms with Crippen molar-refractivity contribution in [3.05, 3.63) is 77.0 Å². The summed E-state index contributed by atoms with van der Waals surface area (Å²) in [5.74, 6) is -1.17. The van der Waals surface area contributed by atoms with Crippen molar-refractivity contribution in [2.45, 2.75) is 69.2 Å². The van der Waals surface area contributed by atoms with Crippen LogP contribution in [0.4, 0.5) is 24.2 Å². The molecule has 2 atom stereocenters. The highest BCUT2D eigenvalue weighted by atomic mass is 19.2. The van der Waals surface area contributed by atoms with E-state index in [2.05, 4.69) is 15.3 Å². The van der Waals surface area contributed by atoms with E-state index in [0.29, 0.717) is 56.1 Å². The molecule has 3 aliphatic heterocycles. The number of benzene rings is 1. The number of methoxy groups -OCH3 is 1. The number of hydrogen-bond acceptors (Lipinski definition) is 7. The molecule has 1 spiro atoms. The number of nitrogens with zero attached hydrogens (tertiary/aromatic N) is 5. The Morgan fingerprint density at radius 3 is 2.68 bits per heavy atom. The Morgan fingerprint density at radius 1 is 1.18 bits per heavy atom. The molecule has 2 aromatic heterocycles. The maximum atomic E-state index is 14.9. The number of anilines is 1. The summed E-state index contributed by atoms with van der Waals surface area (Å²) in [6.07, 6.45) is 4.29. The first kappa shape index (κ1) is 29.9. The van der Waals surface area contributed by atoms with Crippen molar-refractivity contribution in [1.29, 1.82) is 0 Å². The number of hydrogen-bond donors (Lipinski definition) is 2. The number of piperidine rings is 1. The van der Waals surface area contributed by atoms with Crippen molar-refractivity contribution >= 4 is 17.9 Å². The lowest BCUT2D eigenvalue weighted by Gasteiger charge is -2.45. The standard InChI is InChI=1S/C31H36F2N6O5/c1-30(2,42)24-16-35-27-23(10-9-19(17-38(24)27)20-6-4-8-22(32)25(20)33)36-28(40)37-14-11-31(12-15-37)21-7-5-13-34-26(21)39(18-43-3)29(41)44-31/h4-8,13,16,19,23,42H,9-12,14-15,17-18H2,1-3H3,(H,36,40)/t19-,23-/m1/s1. The number of amides is 3. The minimum atomic E-state index is -1.25. The molecule has 5 heterocycles. The first-order valence-electron chi connectivity index (χ1n) is 14.7. The summed E-state index contributed by atoms with van der Waals surface area (Å²) in [4.78, 5) is 38.6. The summed E-state index contributed by atoms with van der Waals surface area (Å²) < 4.78 is 42.0. The van der Waals surface area contributed by atoms with Crippen molar-refractivity contribution in [2.75, 3.05) is 31.8 Å². The first-order valence-corrected chi connectivity index (χ1v) is 14.7. The van der Waals surface area contributed by atoms with E-state index in [9.17, 15) is 23.5 Å². The number of halogens is 2. The average molecular weight is 611 g/mol. The number of carbonyl (C=O) groups is 2. The number of nitrogens with one attached hydrogen (secondary N) is 1. The van der Waals surface area contributed by atoms with Crippen LogP contribution < -0.4 is 10.2 Å². The zero-order valence-corrected chi connectivity index (χ0v) is 24.9. The Kier molecular flexibility index (Phi) is 7.78. The van der Waals surface area contributed by atoms with Crippen LogP contribution in [0.2, 0.25) is 0 Å². The molecule has 2 N–H and O–H groups in total. The van der Waals surface area contributed by atoms with Gasteiger partial charge in [0.15, 0.2) is 11.6 Å². The van der Waals surface area contributed by atoms with Crippen LogP contribution in [0.25, 0.3) is 0 Å². The Hall–Kier alpha value is -4.10. The number of fused-ring (bicyclic) bond motifs is 3. The lowest BCUT2D eigenvalue weighted by atomic mass is 9.83. The fraction of sp³-hybridized carbons (Fsp3) is 0.484. The molecule has 3 amide bonds. The van der Waals surface area contributed by atoms with Gasteiger partial charge in [-0.05, 0) is 50.5 Å². The highest BCUT2D eigenvalue weighted by molar-refractivity contribution is 5.90. The van der Waals surface area contributed by atoms with Crippen molar-refractivity contribution in [1.82, 2.24) is 24.8 Å². The third kappa shape index (κ3) is 5.28. The Labute approximate surface area is 253 Å². The number of imidazole rings is 1. The van der Waals surface area contributed by atoms with Crippen LogP contribution in [0.5, 0.6) is 0 Å². The largest absolute Gasteiger partial charge is 0.437 e. The van der Waals surface area contributed by atoms with Gasteiger partial charge in [-0.3, -0.25) is 0 Å². The number of likely N-dealkylation sites (tertiary alicyclic amines) is 1. The predicted octanol–water partition coefficient (Wildman–Crippen LogP) is 4.66. The molecule has 1 aromatic carbocycles. The molecule has 11 nitrogen and oxygen atoms in total. The molecular formula is C31H36F2N6O5. The summed E-state index contributed by atoms with van der Waals surface area (Å²) in [6.45, 7) is 4.20. The van der Waals surface area contributed by atoms with Gasteiger partial charge in [0.25, 0.3) is 0 Å². The van der Waals surface area contributed by atoms with Crippen molar-refractivity contribution in [2.24, 2.45) is 0 Å². The summed E-state index contributed by atoms with van der Waals surface area (Å²) in [7, 11) is 1.49. The van der Waals surface area contributed by atoms with E-state index in [1.54, 1.807) is 43.3 Å². The minimum Gasteiger partial charge on any atom is -0.437 e. The molecule has 3 aromatic rings. The maximum Gasteiger partial charge on any atom is 0.418 e. The third-order valence-corrected chi connectivity index (χ3v) is 8.90. The monoisotopic (exact) mass is 610 g/mol.